The Hall–Kier alpha value is -2.89. The molecule has 0 radical (unpaired) electrons. The molecule has 0 spiro atoms. The second-order valence-electron chi connectivity index (χ2n) is 4.61. The number of benzene rings is 2. The third-order valence-electron chi connectivity index (χ3n) is 3.01. The molecule has 0 aliphatic rings. The molecule has 21 heavy (non-hydrogen) atoms. The van der Waals surface area contributed by atoms with E-state index in [4.69, 9.17) is 15.9 Å². The van der Waals surface area contributed by atoms with Crippen molar-refractivity contribution in [2.75, 3.05) is 0 Å². The lowest BCUT2D eigenvalue weighted by atomic mass is 10.1. The minimum Gasteiger partial charge on any atom is -0.489 e. The molecule has 0 saturated carbocycles. The van der Waals surface area contributed by atoms with Crippen molar-refractivity contribution in [3.05, 3.63) is 69.3 Å². The minimum absolute atomic E-state index is 0.00281. The molecule has 0 saturated heterocycles. The molecule has 0 fully saturated rings. The van der Waals surface area contributed by atoms with Gasteiger partial charge in [-0.25, -0.2) is 0 Å². The van der Waals surface area contributed by atoms with Gasteiger partial charge in [0, 0.05) is 17.2 Å². The molecule has 2 rings (SSSR count). The summed E-state index contributed by atoms with van der Waals surface area (Å²) in [6.07, 6.45) is 0. The molecule has 6 heteroatoms. The van der Waals surface area contributed by atoms with Crippen LogP contribution in [0.1, 0.15) is 16.7 Å². The number of hydrogen-bond donors (Lipinski definition) is 2. The number of nitrogen functional groups attached to an aromatic ring is 1. The molecule has 2 aromatic rings. The molecular formula is C15H15N3O3. The maximum atomic E-state index is 10.7. The summed E-state index contributed by atoms with van der Waals surface area (Å²) in [5.41, 5.74) is 7.56. The summed E-state index contributed by atoms with van der Waals surface area (Å²) in [6.45, 7) is 1.97. The SMILES string of the molecule is Cc1cc(OCc2cccc(C(=N)N)c2)ccc1[N+](=O)[O-]. The lowest BCUT2D eigenvalue weighted by Crippen LogP contribution is -2.11. The van der Waals surface area contributed by atoms with E-state index in [0.29, 0.717) is 23.5 Å². The van der Waals surface area contributed by atoms with Gasteiger partial charge in [0.15, 0.2) is 0 Å². The summed E-state index contributed by atoms with van der Waals surface area (Å²) in [6, 6.07) is 11.8. The molecular weight excluding hydrogens is 270 g/mol. The van der Waals surface area contributed by atoms with E-state index in [-0.39, 0.29) is 11.5 Å². The van der Waals surface area contributed by atoms with Crippen molar-refractivity contribution in [3.8, 4) is 5.75 Å². The fourth-order valence-corrected chi connectivity index (χ4v) is 1.92. The van der Waals surface area contributed by atoms with Crippen LogP contribution in [0.4, 0.5) is 5.69 Å². The fraction of sp³-hybridized carbons (Fsp3) is 0.133. The molecule has 0 atom stereocenters. The average molecular weight is 285 g/mol. The maximum Gasteiger partial charge on any atom is 0.272 e. The minimum atomic E-state index is -0.421. The van der Waals surface area contributed by atoms with Crippen LogP contribution in [0.25, 0.3) is 0 Å². The number of hydrogen-bond acceptors (Lipinski definition) is 4. The first-order valence-electron chi connectivity index (χ1n) is 6.28. The van der Waals surface area contributed by atoms with Gasteiger partial charge in [-0.1, -0.05) is 18.2 Å². The summed E-state index contributed by atoms with van der Waals surface area (Å²) in [7, 11) is 0. The quantitative estimate of drug-likeness (QED) is 0.381. The number of nitro groups is 1. The van der Waals surface area contributed by atoms with Crippen molar-refractivity contribution < 1.29 is 9.66 Å². The smallest absolute Gasteiger partial charge is 0.272 e. The summed E-state index contributed by atoms with van der Waals surface area (Å²) in [5, 5.41) is 18.1. The van der Waals surface area contributed by atoms with Gasteiger partial charge in [-0.3, -0.25) is 15.5 Å². The zero-order chi connectivity index (χ0) is 15.4. The molecule has 0 unspecified atom stereocenters. The molecule has 6 nitrogen and oxygen atoms in total. The molecule has 0 aliphatic carbocycles. The molecule has 0 bridgehead atoms. The zero-order valence-corrected chi connectivity index (χ0v) is 11.5. The second kappa shape index (κ2) is 6.04. The summed E-state index contributed by atoms with van der Waals surface area (Å²) in [4.78, 5) is 10.3. The van der Waals surface area contributed by atoms with Crippen molar-refractivity contribution in [3.63, 3.8) is 0 Å². The van der Waals surface area contributed by atoms with E-state index in [1.54, 1.807) is 37.3 Å². The van der Waals surface area contributed by atoms with Crippen molar-refractivity contribution >= 4 is 11.5 Å². The highest BCUT2D eigenvalue weighted by Crippen LogP contribution is 2.23. The number of nitro benzene ring substituents is 1. The number of aryl methyl sites for hydroxylation is 1. The summed E-state index contributed by atoms with van der Waals surface area (Å²) in [5.74, 6) is 0.564. The topological polar surface area (TPSA) is 102 Å². The van der Waals surface area contributed by atoms with Crippen LogP contribution in [0.3, 0.4) is 0 Å². The molecule has 3 N–H and O–H groups in total. The molecule has 0 aliphatic heterocycles. The lowest BCUT2D eigenvalue weighted by molar-refractivity contribution is -0.385. The van der Waals surface area contributed by atoms with Gasteiger partial charge in [0.2, 0.25) is 0 Å². The van der Waals surface area contributed by atoms with Gasteiger partial charge in [-0.2, -0.15) is 0 Å². The number of amidine groups is 1. The Labute approximate surface area is 121 Å². The third kappa shape index (κ3) is 3.56. The first-order valence-corrected chi connectivity index (χ1v) is 6.28. The number of ether oxygens (including phenoxy) is 1. The van der Waals surface area contributed by atoms with Gasteiger partial charge in [-0.15, -0.1) is 0 Å². The summed E-state index contributed by atoms with van der Waals surface area (Å²) < 4.78 is 5.61. The van der Waals surface area contributed by atoms with E-state index in [1.807, 2.05) is 6.07 Å². The summed E-state index contributed by atoms with van der Waals surface area (Å²) >= 11 is 0. The van der Waals surface area contributed by atoms with E-state index < -0.39 is 4.92 Å². The highest BCUT2D eigenvalue weighted by atomic mass is 16.6. The van der Waals surface area contributed by atoms with Crippen LogP contribution >= 0.6 is 0 Å². The van der Waals surface area contributed by atoms with E-state index >= 15 is 0 Å². The predicted octanol–water partition coefficient (Wildman–Crippen LogP) is 2.77. The molecule has 108 valence electrons. The number of nitrogens with two attached hydrogens (primary N) is 1. The first-order chi connectivity index (χ1) is 9.97. The van der Waals surface area contributed by atoms with Gasteiger partial charge in [0.25, 0.3) is 5.69 Å². The van der Waals surface area contributed by atoms with E-state index in [9.17, 15) is 10.1 Å². The Balaban J connectivity index is 2.10. The van der Waals surface area contributed by atoms with E-state index in [1.165, 1.54) is 6.07 Å². The number of nitrogens with zero attached hydrogens (tertiary/aromatic N) is 1. The Bertz CT molecular complexity index is 698. The van der Waals surface area contributed by atoms with Crippen molar-refractivity contribution in [2.45, 2.75) is 13.5 Å². The highest BCUT2D eigenvalue weighted by Gasteiger charge is 2.10. The Morgan fingerprint density at radius 1 is 1.33 bits per heavy atom. The second-order valence-corrected chi connectivity index (χ2v) is 4.61. The van der Waals surface area contributed by atoms with E-state index in [0.717, 1.165) is 5.56 Å². The van der Waals surface area contributed by atoms with Gasteiger partial charge >= 0.3 is 0 Å². The van der Waals surface area contributed by atoms with Gasteiger partial charge in [0.1, 0.15) is 18.2 Å². The number of nitrogens with one attached hydrogen (secondary N) is 1. The highest BCUT2D eigenvalue weighted by molar-refractivity contribution is 5.95. The predicted molar refractivity (Wildman–Crippen MR) is 79.6 cm³/mol. The van der Waals surface area contributed by atoms with Crippen molar-refractivity contribution in [1.29, 1.82) is 5.41 Å². The van der Waals surface area contributed by atoms with Crippen molar-refractivity contribution in [1.82, 2.24) is 0 Å². The zero-order valence-electron chi connectivity index (χ0n) is 11.5. The standard InChI is InChI=1S/C15H15N3O3/c1-10-7-13(5-6-14(10)18(19)20)21-9-11-3-2-4-12(8-11)15(16)17/h2-8H,9H2,1H3,(H3,16,17). The van der Waals surface area contributed by atoms with Crippen molar-refractivity contribution in [2.24, 2.45) is 5.73 Å². The maximum absolute atomic E-state index is 10.7. The van der Waals surface area contributed by atoms with Gasteiger partial charge in [-0.05, 0) is 30.7 Å². The van der Waals surface area contributed by atoms with Crippen LogP contribution in [-0.2, 0) is 6.61 Å². The van der Waals surface area contributed by atoms with Crippen LogP contribution < -0.4 is 10.5 Å². The molecule has 0 heterocycles. The largest absolute Gasteiger partial charge is 0.489 e. The van der Waals surface area contributed by atoms with Crippen LogP contribution in [0, 0.1) is 22.4 Å². The van der Waals surface area contributed by atoms with Crippen LogP contribution in [0.15, 0.2) is 42.5 Å². The van der Waals surface area contributed by atoms with Gasteiger partial charge < -0.3 is 10.5 Å². The monoisotopic (exact) mass is 285 g/mol. The first kappa shape index (κ1) is 14.5. The average Bonchev–Trinajstić information content (AvgIpc) is 2.45. The third-order valence-corrected chi connectivity index (χ3v) is 3.01. The van der Waals surface area contributed by atoms with Crippen LogP contribution in [0.2, 0.25) is 0 Å². The molecule has 2 aromatic carbocycles. The van der Waals surface area contributed by atoms with Gasteiger partial charge in [0.05, 0.1) is 4.92 Å². The normalized spacial score (nSPS) is 10.1. The molecule has 0 amide bonds. The van der Waals surface area contributed by atoms with Crippen LogP contribution in [-0.4, -0.2) is 10.8 Å². The molecule has 0 aromatic heterocycles. The Morgan fingerprint density at radius 2 is 2.10 bits per heavy atom. The van der Waals surface area contributed by atoms with E-state index in [2.05, 4.69) is 0 Å². The Kier molecular flexibility index (Phi) is 4.18. The Morgan fingerprint density at radius 3 is 2.71 bits per heavy atom. The van der Waals surface area contributed by atoms with Crippen LogP contribution in [0.5, 0.6) is 5.75 Å². The number of rotatable bonds is 5. The lowest BCUT2D eigenvalue weighted by Gasteiger charge is -2.08. The fourth-order valence-electron chi connectivity index (χ4n) is 1.92.